The van der Waals surface area contributed by atoms with Crippen molar-refractivity contribution in [3.8, 4) is 0 Å². The molecule has 0 heterocycles. The molecule has 0 amide bonds. The molecule has 30 heavy (non-hydrogen) atoms. The van der Waals surface area contributed by atoms with Crippen LogP contribution in [-0.2, 0) is 27.2 Å². The van der Waals surface area contributed by atoms with Crippen molar-refractivity contribution in [3.63, 3.8) is 0 Å². The standard InChI is InChI=1S/C26H34N2O2/c1-25(2,28-18-19-29-4)23-12-8-9-13-24(23)26(16-14-22(27-3)15-17-26)30-20-21-10-6-5-7-11-21/h5-16,27-28H,17-20H2,1-4H3. The summed E-state index contributed by atoms with van der Waals surface area (Å²) < 4.78 is 11.9. The Kier molecular flexibility index (Phi) is 7.48. The number of nitrogens with one attached hydrogen (secondary N) is 2. The number of ether oxygens (including phenoxy) is 2. The Morgan fingerprint density at radius 1 is 1.03 bits per heavy atom. The Labute approximate surface area is 181 Å². The highest BCUT2D eigenvalue weighted by molar-refractivity contribution is 5.43. The summed E-state index contributed by atoms with van der Waals surface area (Å²) in [4.78, 5) is 0. The number of hydrogen-bond donors (Lipinski definition) is 2. The molecule has 3 rings (SSSR count). The van der Waals surface area contributed by atoms with Gasteiger partial charge in [0.1, 0.15) is 5.60 Å². The van der Waals surface area contributed by atoms with E-state index in [9.17, 15) is 0 Å². The fourth-order valence-corrected chi connectivity index (χ4v) is 3.94. The lowest BCUT2D eigenvalue weighted by Crippen LogP contribution is -2.41. The van der Waals surface area contributed by atoms with Gasteiger partial charge in [-0.15, -0.1) is 0 Å². The summed E-state index contributed by atoms with van der Waals surface area (Å²) in [5.41, 5.74) is 3.97. The molecule has 0 aliphatic heterocycles. The second kappa shape index (κ2) is 10.1. The Bertz CT molecular complexity index is 874. The molecular formula is C26H34N2O2. The minimum absolute atomic E-state index is 0.223. The molecule has 2 aromatic rings. The highest BCUT2D eigenvalue weighted by Crippen LogP contribution is 2.40. The number of benzene rings is 2. The maximum absolute atomic E-state index is 6.69. The van der Waals surface area contributed by atoms with Gasteiger partial charge in [0.25, 0.3) is 0 Å². The maximum atomic E-state index is 6.69. The Morgan fingerprint density at radius 3 is 2.43 bits per heavy atom. The van der Waals surface area contributed by atoms with E-state index in [1.165, 1.54) is 16.7 Å². The lowest BCUT2D eigenvalue weighted by molar-refractivity contribution is -0.0250. The van der Waals surface area contributed by atoms with Gasteiger partial charge < -0.3 is 20.1 Å². The quantitative estimate of drug-likeness (QED) is 0.565. The van der Waals surface area contributed by atoms with Gasteiger partial charge in [-0.25, -0.2) is 0 Å². The van der Waals surface area contributed by atoms with Crippen molar-refractivity contribution >= 4 is 0 Å². The van der Waals surface area contributed by atoms with Crippen LogP contribution in [0.5, 0.6) is 0 Å². The molecule has 0 saturated carbocycles. The third-order valence-corrected chi connectivity index (χ3v) is 5.71. The molecule has 1 unspecified atom stereocenters. The molecule has 0 aromatic heterocycles. The van der Waals surface area contributed by atoms with E-state index in [1.807, 2.05) is 13.1 Å². The van der Waals surface area contributed by atoms with Gasteiger partial charge in [-0.2, -0.15) is 0 Å². The molecule has 4 heteroatoms. The van der Waals surface area contributed by atoms with E-state index in [0.717, 1.165) is 18.7 Å². The van der Waals surface area contributed by atoms with Crippen LogP contribution in [0.2, 0.25) is 0 Å². The average molecular weight is 407 g/mol. The predicted molar refractivity (Wildman–Crippen MR) is 123 cm³/mol. The van der Waals surface area contributed by atoms with Crippen LogP contribution in [0.3, 0.4) is 0 Å². The molecule has 0 fully saturated rings. The van der Waals surface area contributed by atoms with Gasteiger partial charge in [-0.05, 0) is 42.7 Å². The number of likely N-dealkylation sites (N-methyl/N-ethyl adjacent to an activating group) is 1. The third kappa shape index (κ3) is 5.20. The minimum atomic E-state index is -0.521. The van der Waals surface area contributed by atoms with Gasteiger partial charge in [0.15, 0.2) is 0 Å². The molecule has 4 nitrogen and oxygen atoms in total. The predicted octanol–water partition coefficient (Wildman–Crippen LogP) is 4.63. The first-order chi connectivity index (χ1) is 14.5. The van der Waals surface area contributed by atoms with Crippen molar-refractivity contribution in [3.05, 3.63) is 95.2 Å². The van der Waals surface area contributed by atoms with E-state index in [1.54, 1.807) is 7.11 Å². The van der Waals surface area contributed by atoms with E-state index in [2.05, 4.69) is 91.2 Å². The van der Waals surface area contributed by atoms with E-state index >= 15 is 0 Å². The van der Waals surface area contributed by atoms with Crippen molar-refractivity contribution in [1.82, 2.24) is 10.6 Å². The van der Waals surface area contributed by atoms with E-state index in [0.29, 0.717) is 13.2 Å². The number of methoxy groups -OCH3 is 1. The first-order valence-electron chi connectivity index (χ1n) is 10.6. The average Bonchev–Trinajstić information content (AvgIpc) is 2.79. The zero-order valence-corrected chi connectivity index (χ0v) is 18.6. The maximum Gasteiger partial charge on any atom is 0.116 e. The molecule has 0 saturated heterocycles. The Morgan fingerprint density at radius 2 is 1.77 bits per heavy atom. The molecule has 0 bridgehead atoms. The summed E-state index contributed by atoms with van der Waals surface area (Å²) >= 11 is 0. The van der Waals surface area contributed by atoms with Crippen molar-refractivity contribution < 1.29 is 9.47 Å². The molecule has 1 aliphatic rings. The van der Waals surface area contributed by atoms with Crippen LogP contribution >= 0.6 is 0 Å². The van der Waals surface area contributed by atoms with Gasteiger partial charge in [0.2, 0.25) is 0 Å². The first kappa shape index (κ1) is 22.3. The largest absolute Gasteiger partial charge is 0.388 e. The normalized spacial score (nSPS) is 18.9. The van der Waals surface area contributed by atoms with Crippen molar-refractivity contribution in [1.29, 1.82) is 0 Å². The number of allylic oxidation sites excluding steroid dienone is 1. The first-order valence-corrected chi connectivity index (χ1v) is 10.6. The summed E-state index contributed by atoms with van der Waals surface area (Å²) in [7, 11) is 3.68. The van der Waals surface area contributed by atoms with E-state index in [-0.39, 0.29) is 5.54 Å². The fraction of sp³-hybridized carbons (Fsp3) is 0.385. The smallest absolute Gasteiger partial charge is 0.116 e. The molecule has 160 valence electrons. The summed E-state index contributed by atoms with van der Waals surface area (Å²) in [5, 5.41) is 6.87. The van der Waals surface area contributed by atoms with Gasteiger partial charge >= 0.3 is 0 Å². The number of hydrogen-bond acceptors (Lipinski definition) is 4. The Hall–Kier alpha value is -2.40. The highest BCUT2D eigenvalue weighted by Gasteiger charge is 2.37. The van der Waals surface area contributed by atoms with Crippen molar-refractivity contribution in [2.45, 2.75) is 38.0 Å². The van der Waals surface area contributed by atoms with Crippen molar-refractivity contribution in [2.24, 2.45) is 0 Å². The van der Waals surface area contributed by atoms with Gasteiger partial charge in [-0.3, -0.25) is 0 Å². The summed E-state index contributed by atoms with van der Waals surface area (Å²) in [6.07, 6.45) is 7.31. The molecule has 0 spiro atoms. The monoisotopic (exact) mass is 406 g/mol. The van der Waals surface area contributed by atoms with E-state index in [4.69, 9.17) is 9.47 Å². The molecular weight excluding hydrogens is 372 g/mol. The second-order valence-corrected chi connectivity index (χ2v) is 8.20. The van der Waals surface area contributed by atoms with Gasteiger partial charge in [0.05, 0.1) is 13.2 Å². The zero-order valence-electron chi connectivity index (χ0n) is 18.6. The summed E-state index contributed by atoms with van der Waals surface area (Å²) in [6.45, 7) is 6.45. The fourth-order valence-electron chi connectivity index (χ4n) is 3.94. The summed E-state index contributed by atoms with van der Waals surface area (Å²) in [6, 6.07) is 19.0. The minimum Gasteiger partial charge on any atom is -0.388 e. The molecule has 0 radical (unpaired) electrons. The van der Waals surface area contributed by atoms with Crippen LogP contribution in [0.25, 0.3) is 0 Å². The van der Waals surface area contributed by atoms with Crippen LogP contribution in [0, 0.1) is 0 Å². The summed E-state index contributed by atoms with van der Waals surface area (Å²) in [5.74, 6) is 0. The van der Waals surface area contributed by atoms with Gasteiger partial charge in [-0.1, -0.05) is 60.7 Å². The molecule has 1 aliphatic carbocycles. The lowest BCUT2D eigenvalue weighted by atomic mass is 9.78. The molecule has 2 aromatic carbocycles. The third-order valence-electron chi connectivity index (χ3n) is 5.71. The van der Waals surface area contributed by atoms with Crippen LogP contribution in [0.4, 0.5) is 0 Å². The van der Waals surface area contributed by atoms with Gasteiger partial charge in [0, 0.05) is 38.4 Å². The van der Waals surface area contributed by atoms with E-state index < -0.39 is 5.60 Å². The number of rotatable bonds is 10. The SMILES string of the molecule is CNC1=CCC(OCc2ccccc2)(c2ccccc2C(C)(C)NCCOC)C=C1. The zero-order chi connectivity index (χ0) is 21.5. The van der Waals surface area contributed by atoms with Crippen molar-refractivity contribution in [2.75, 3.05) is 27.3 Å². The second-order valence-electron chi connectivity index (χ2n) is 8.20. The molecule has 1 atom stereocenters. The Balaban J connectivity index is 1.96. The van der Waals surface area contributed by atoms with Crippen LogP contribution in [0.15, 0.2) is 78.5 Å². The molecule has 2 N–H and O–H groups in total. The van der Waals surface area contributed by atoms with Crippen LogP contribution in [0.1, 0.15) is 37.0 Å². The highest BCUT2D eigenvalue weighted by atomic mass is 16.5. The van der Waals surface area contributed by atoms with Crippen LogP contribution in [-0.4, -0.2) is 27.3 Å². The van der Waals surface area contributed by atoms with Crippen LogP contribution < -0.4 is 10.6 Å². The lowest BCUT2D eigenvalue weighted by Gasteiger charge is -2.38. The topological polar surface area (TPSA) is 42.5 Å².